The molecule has 10 nitrogen and oxygen atoms in total. The number of hydrogen-bond donors (Lipinski definition) is 2. The topological polar surface area (TPSA) is 136 Å². The van der Waals surface area contributed by atoms with Crippen molar-refractivity contribution in [3.05, 3.63) is 119 Å². The van der Waals surface area contributed by atoms with Crippen molar-refractivity contribution in [2.45, 2.75) is 4.90 Å². The number of rotatable bonds is 8. The van der Waals surface area contributed by atoms with Crippen molar-refractivity contribution in [3.8, 4) is 11.1 Å². The molecule has 2 heterocycles. The number of hydrogen-bond acceptors (Lipinski definition) is 7. The highest BCUT2D eigenvalue weighted by Crippen LogP contribution is 2.31. The third kappa shape index (κ3) is 5.85. The van der Waals surface area contributed by atoms with Crippen LogP contribution in [0.15, 0.2) is 113 Å². The number of nitrogens with zero attached hydrogens (tertiary/aromatic N) is 2. The molecule has 1 amide bonds. The van der Waals surface area contributed by atoms with E-state index in [1.807, 2.05) is 30.3 Å². The maximum atomic E-state index is 13.3. The van der Waals surface area contributed by atoms with Gasteiger partial charge < -0.3 is 14.6 Å². The smallest absolute Gasteiger partial charge is 0.356 e. The zero-order valence-electron chi connectivity index (χ0n) is 21.8. The second kappa shape index (κ2) is 11.4. The predicted molar refractivity (Wildman–Crippen MR) is 155 cm³/mol. The molecule has 0 unspecified atom stereocenters. The Kier molecular flexibility index (Phi) is 7.61. The monoisotopic (exact) mass is 568 g/mol. The summed E-state index contributed by atoms with van der Waals surface area (Å²) in [6, 6.07) is 26.4. The Hall–Kier alpha value is -5.29. The summed E-state index contributed by atoms with van der Waals surface area (Å²) in [5.74, 6) is -1.31. The number of pyridine rings is 2. The standard InChI is InChI=1S/C30H24N4O6S/c1-34-28(27(20-9-3-2-4-10-20)23-11-5-6-12-24(23)29(34)36)30(37)40-19-26(35)32-21-14-16-22(17-15-21)41(38,39)33-25-13-7-8-18-31-25/h2-18H,19H2,1H3,(H,31,33)(H,32,35). The Labute approximate surface area is 235 Å². The number of nitrogens with one attached hydrogen (secondary N) is 2. The van der Waals surface area contributed by atoms with Crippen molar-refractivity contribution in [3.63, 3.8) is 0 Å². The van der Waals surface area contributed by atoms with E-state index in [0.29, 0.717) is 27.6 Å². The first-order chi connectivity index (χ1) is 19.7. The van der Waals surface area contributed by atoms with E-state index in [4.69, 9.17) is 4.74 Å². The Morgan fingerprint density at radius 3 is 2.20 bits per heavy atom. The molecule has 2 N–H and O–H groups in total. The van der Waals surface area contributed by atoms with Crippen molar-refractivity contribution in [2.24, 2.45) is 7.05 Å². The maximum Gasteiger partial charge on any atom is 0.356 e. The molecule has 5 rings (SSSR count). The van der Waals surface area contributed by atoms with E-state index >= 15 is 0 Å². The molecule has 3 aromatic carbocycles. The van der Waals surface area contributed by atoms with E-state index in [1.165, 1.54) is 48.1 Å². The second-order valence-electron chi connectivity index (χ2n) is 8.97. The number of esters is 1. The van der Waals surface area contributed by atoms with Crippen LogP contribution in [0.3, 0.4) is 0 Å². The van der Waals surface area contributed by atoms with E-state index in [1.54, 1.807) is 36.4 Å². The van der Waals surface area contributed by atoms with Gasteiger partial charge in [0, 0.05) is 29.9 Å². The molecule has 0 atom stereocenters. The first-order valence-electron chi connectivity index (χ1n) is 12.4. The van der Waals surface area contributed by atoms with Gasteiger partial charge in [0.15, 0.2) is 6.61 Å². The van der Waals surface area contributed by atoms with Crippen LogP contribution in [-0.2, 0) is 26.6 Å². The molecule has 0 spiro atoms. The van der Waals surface area contributed by atoms with Crippen LogP contribution in [0.2, 0.25) is 0 Å². The van der Waals surface area contributed by atoms with Crippen molar-refractivity contribution in [1.82, 2.24) is 9.55 Å². The third-order valence-electron chi connectivity index (χ3n) is 6.25. The van der Waals surface area contributed by atoms with Gasteiger partial charge in [-0.05, 0) is 53.4 Å². The number of fused-ring (bicyclic) bond motifs is 1. The minimum atomic E-state index is -3.88. The molecule has 5 aromatic rings. The Balaban J connectivity index is 1.32. The van der Waals surface area contributed by atoms with Crippen LogP contribution in [0.1, 0.15) is 10.5 Å². The number of anilines is 2. The zero-order chi connectivity index (χ0) is 29.0. The number of aromatic nitrogens is 2. The molecule has 0 aliphatic carbocycles. The normalized spacial score (nSPS) is 11.1. The highest BCUT2D eigenvalue weighted by Gasteiger charge is 2.23. The van der Waals surface area contributed by atoms with Gasteiger partial charge in [0.2, 0.25) is 0 Å². The fraction of sp³-hybridized carbons (Fsp3) is 0.0667. The largest absolute Gasteiger partial charge is 0.451 e. The maximum absolute atomic E-state index is 13.3. The summed E-state index contributed by atoms with van der Waals surface area (Å²) in [5.41, 5.74) is 1.17. The minimum absolute atomic E-state index is 0.0164. The van der Waals surface area contributed by atoms with Gasteiger partial charge >= 0.3 is 5.97 Å². The van der Waals surface area contributed by atoms with Gasteiger partial charge in [-0.25, -0.2) is 18.2 Å². The van der Waals surface area contributed by atoms with Crippen LogP contribution < -0.4 is 15.6 Å². The van der Waals surface area contributed by atoms with E-state index in [9.17, 15) is 22.8 Å². The van der Waals surface area contributed by atoms with Gasteiger partial charge in [-0.3, -0.25) is 14.3 Å². The number of carbonyl (C=O) groups is 2. The number of sulfonamides is 1. The molecule has 41 heavy (non-hydrogen) atoms. The molecular weight excluding hydrogens is 544 g/mol. The van der Waals surface area contributed by atoms with Gasteiger partial charge in [0.05, 0.1) is 4.90 Å². The van der Waals surface area contributed by atoms with Gasteiger partial charge in [-0.1, -0.05) is 54.6 Å². The number of benzene rings is 3. The molecule has 0 saturated carbocycles. The number of amides is 1. The fourth-order valence-electron chi connectivity index (χ4n) is 4.33. The Morgan fingerprint density at radius 2 is 1.51 bits per heavy atom. The van der Waals surface area contributed by atoms with Gasteiger partial charge in [-0.15, -0.1) is 0 Å². The number of ether oxygens (including phenoxy) is 1. The van der Waals surface area contributed by atoms with Crippen LogP contribution in [0.5, 0.6) is 0 Å². The molecule has 11 heteroatoms. The van der Waals surface area contributed by atoms with Gasteiger partial charge in [-0.2, -0.15) is 0 Å². The van der Waals surface area contributed by atoms with Crippen molar-refractivity contribution in [2.75, 3.05) is 16.6 Å². The fourth-order valence-corrected chi connectivity index (χ4v) is 5.34. The molecule has 206 valence electrons. The summed E-state index contributed by atoms with van der Waals surface area (Å²) >= 11 is 0. The first-order valence-corrected chi connectivity index (χ1v) is 13.9. The van der Waals surface area contributed by atoms with Crippen LogP contribution in [0.4, 0.5) is 11.5 Å². The molecule has 0 aliphatic heterocycles. The van der Waals surface area contributed by atoms with Crippen molar-refractivity contribution < 1.29 is 22.7 Å². The molecule has 2 aromatic heterocycles. The quantitative estimate of drug-likeness (QED) is 0.268. The lowest BCUT2D eigenvalue weighted by Gasteiger charge is -2.16. The lowest BCUT2D eigenvalue weighted by Crippen LogP contribution is -2.28. The molecule has 0 bridgehead atoms. The van der Waals surface area contributed by atoms with E-state index in [-0.39, 0.29) is 22.0 Å². The van der Waals surface area contributed by atoms with E-state index in [2.05, 4.69) is 15.0 Å². The highest BCUT2D eigenvalue weighted by atomic mass is 32.2. The summed E-state index contributed by atoms with van der Waals surface area (Å²) in [6.07, 6.45) is 1.46. The summed E-state index contributed by atoms with van der Waals surface area (Å²) < 4.78 is 34.1. The van der Waals surface area contributed by atoms with Crippen molar-refractivity contribution >= 4 is 44.2 Å². The van der Waals surface area contributed by atoms with Gasteiger partial charge in [0.1, 0.15) is 11.5 Å². The lowest BCUT2D eigenvalue weighted by molar-refractivity contribution is -0.119. The minimum Gasteiger partial charge on any atom is -0.451 e. The third-order valence-corrected chi connectivity index (χ3v) is 7.62. The van der Waals surface area contributed by atoms with E-state index < -0.39 is 28.5 Å². The average Bonchev–Trinajstić information content (AvgIpc) is 2.98. The SMILES string of the molecule is Cn1c(C(=O)OCC(=O)Nc2ccc(S(=O)(=O)Nc3ccccn3)cc2)c(-c2ccccc2)c2ccccc2c1=O. The van der Waals surface area contributed by atoms with Gasteiger partial charge in [0.25, 0.3) is 21.5 Å². The van der Waals surface area contributed by atoms with Crippen LogP contribution in [-0.4, -0.2) is 36.5 Å². The Morgan fingerprint density at radius 1 is 0.854 bits per heavy atom. The lowest BCUT2D eigenvalue weighted by atomic mass is 9.97. The molecule has 0 radical (unpaired) electrons. The van der Waals surface area contributed by atoms with Crippen molar-refractivity contribution in [1.29, 1.82) is 0 Å². The molecule has 0 fully saturated rings. The number of carbonyl (C=O) groups excluding carboxylic acids is 2. The molecule has 0 saturated heterocycles. The summed E-state index contributed by atoms with van der Waals surface area (Å²) in [5, 5.41) is 3.60. The van der Waals surface area contributed by atoms with Crippen LogP contribution in [0.25, 0.3) is 21.9 Å². The van der Waals surface area contributed by atoms with E-state index in [0.717, 1.165) is 0 Å². The van der Waals surface area contributed by atoms with Crippen LogP contribution in [0, 0.1) is 0 Å². The summed E-state index contributed by atoms with van der Waals surface area (Å²) in [6.45, 7) is -0.630. The molecule has 0 aliphatic rings. The predicted octanol–water partition coefficient (Wildman–Crippen LogP) is 4.20. The first kappa shape index (κ1) is 27.3. The summed E-state index contributed by atoms with van der Waals surface area (Å²) in [4.78, 5) is 42.8. The molecular formula is C30H24N4O6S. The highest BCUT2D eigenvalue weighted by molar-refractivity contribution is 7.92. The Bertz CT molecular complexity index is 1910. The second-order valence-corrected chi connectivity index (χ2v) is 10.7. The van der Waals surface area contributed by atoms with Crippen LogP contribution >= 0.6 is 0 Å². The summed E-state index contributed by atoms with van der Waals surface area (Å²) in [7, 11) is -2.40. The zero-order valence-corrected chi connectivity index (χ0v) is 22.6. The average molecular weight is 569 g/mol.